The number of methoxy groups -OCH3 is 1. The second kappa shape index (κ2) is 7.75. The molecule has 3 amide bonds. The Morgan fingerprint density at radius 1 is 1.33 bits per heavy atom. The Balaban J connectivity index is 2.57. The number of hydrogen-bond donors (Lipinski definition) is 2. The lowest BCUT2D eigenvalue weighted by Gasteiger charge is -2.12. The van der Waals surface area contributed by atoms with Gasteiger partial charge in [-0.2, -0.15) is 5.26 Å². The van der Waals surface area contributed by atoms with Gasteiger partial charge < -0.3 is 14.8 Å². The van der Waals surface area contributed by atoms with Gasteiger partial charge in [0.1, 0.15) is 0 Å². The molecule has 0 fully saturated rings. The molecule has 0 unspecified atom stereocenters. The number of imide groups is 1. The summed E-state index contributed by atoms with van der Waals surface area (Å²) >= 11 is 0. The third kappa shape index (κ3) is 5.40. The molecule has 0 aliphatic heterocycles. The fourth-order valence-electron chi connectivity index (χ4n) is 1.46. The van der Waals surface area contributed by atoms with Crippen molar-refractivity contribution in [1.29, 1.82) is 5.26 Å². The molecule has 0 saturated carbocycles. The molecule has 0 saturated heterocycles. The normalized spacial score (nSPS) is 9.67. The molecule has 7 heteroatoms. The molecule has 1 aromatic rings. The van der Waals surface area contributed by atoms with E-state index in [9.17, 15) is 9.59 Å². The number of carbonyl (C=O) groups excluding carboxylic acids is 2. The summed E-state index contributed by atoms with van der Waals surface area (Å²) in [5.74, 6) is 0.0731. The first-order chi connectivity index (χ1) is 9.96. The molecule has 0 bridgehead atoms. The summed E-state index contributed by atoms with van der Waals surface area (Å²) in [5, 5.41) is 13.4. The van der Waals surface area contributed by atoms with Gasteiger partial charge in [-0.25, -0.2) is 4.79 Å². The number of urea groups is 1. The minimum Gasteiger partial charge on any atom is -0.493 e. The van der Waals surface area contributed by atoms with Crippen molar-refractivity contribution in [2.24, 2.45) is 0 Å². The van der Waals surface area contributed by atoms with Crippen molar-refractivity contribution in [1.82, 2.24) is 10.6 Å². The van der Waals surface area contributed by atoms with Crippen LogP contribution in [0.3, 0.4) is 0 Å². The lowest BCUT2D eigenvalue weighted by molar-refractivity contribution is -0.122. The van der Waals surface area contributed by atoms with E-state index in [1.54, 1.807) is 19.9 Å². The Hall–Kier alpha value is -2.75. The van der Waals surface area contributed by atoms with E-state index in [-0.39, 0.29) is 12.6 Å². The highest BCUT2D eigenvalue weighted by molar-refractivity contribution is 5.95. The van der Waals surface area contributed by atoms with Crippen LogP contribution in [0.25, 0.3) is 0 Å². The zero-order chi connectivity index (χ0) is 15.8. The Bertz CT molecular complexity index is 564. The van der Waals surface area contributed by atoms with Crippen molar-refractivity contribution in [3.05, 3.63) is 23.8 Å². The van der Waals surface area contributed by atoms with Gasteiger partial charge in [0, 0.05) is 12.1 Å². The van der Waals surface area contributed by atoms with Gasteiger partial charge in [-0.1, -0.05) is 0 Å². The van der Waals surface area contributed by atoms with Gasteiger partial charge in [-0.15, -0.1) is 0 Å². The highest BCUT2D eigenvalue weighted by Gasteiger charge is 2.11. The van der Waals surface area contributed by atoms with Crippen LogP contribution in [0.2, 0.25) is 0 Å². The van der Waals surface area contributed by atoms with Gasteiger partial charge in [0.15, 0.2) is 18.1 Å². The van der Waals surface area contributed by atoms with E-state index in [4.69, 9.17) is 14.7 Å². The minimum absolute atomic E-state index is 0.0719. The molecule has 0 aliphatic carbocycles. The van der Waals surface area contributed by atoms with Gasteiger partial charge >= 0.3 is 6.03 Å². The van der Waals surface area contributed by atoms with E-state index in [1.807, 2.05) is 6.07 Å². The number of ether oxygens (including phenoxy) is 2. The summed E-state index contributed by atoms with van der Waals surface area (Å²) in [5.41, 5.74) is 0.417. The van der Waals surface area contributed by atoms with E-state index in [2.05, 4.69) is 10.6 Å². The number of nitrogens with one attached hydrogen (secondary N) is 2. The predicted octanol–water partition coefficient (Wildman–Crippen LogP) is 1.18. The fourth-order valence-corrected chi connectivity index (χ4v) is 1.46. The van der Waals surface area contributed by atoms with Crippen LogP contribution < -0.4 is 20.1 Å². The van der Waals surface area contributed by atoms with Crippen LogP contribution in [0.15, 0.2) is 18.2 Å². The maximum absolute atomic E-state index is 11.5. The average molecular weight is 291 g/mol. The highest BCUT2D eigenvalue weighted by atomic mass is 16.5. The topological polar surface area (TPSA) is 100 Å². The van der Waals surface area contributed by atoms with Crippen molar-refractivity contribution in [2.75, 3.05) is 13.7 Å². The second-order valence-electron chi connectivity index (χ2n) is 4.44. The largest absolute Gasteiger partial charge is 0.493 e. The third-order valence-corrected chi connectivity index (χ3v) is 2.32. The van der Waals surface area contributed by atoms with E-state index in [0.29, 0.717) is 17.1 Å². The summed E-state index contributed by atoms with van der Waals surface area (Å²) in [7, 11) is 1.43. The van der Waals surface area contributed by atoms with Gasteiger partial charge in [-0.3, -0.25) is 10.1 Å². The Morgan fingerprint density at radius 2 is 2.05 bits per heavy atom. The van der Waals surface area contributed by atoms with Crippen molar-refractivity contribution in [3.8, 4) is 17.6 Å². The predicted molar refractivity (Wildman–Crippen MR) is 75.0 cm³/mol. The maximum Gasteiger partial charge on any atom is 0.321 e. The Labute approximate surface area is 122 Å². The zero-order valence-electron chi connectivity index (χ0n) is 12.1. The Morgan fingerprint density at radius 3 is 2.62 bits per heavy atom. The number of hydrogen-bond acceptors (Lipinski definition) is 5. The van der Waals surface area contributed by atoms with Crippen LogP contribution in [-0.4, -0.2) is 31.7 Å². The molecular formula is C14H17N3O4. The molecule has 0 spiro atoms. The highest BCUT2D eigenvalue weighted by Crippen LogP contribution is 2.27. The first-order valence-corrected chi connectivity index (χ1v) is 6.27. The van der Waals surface area contributed by atoms with E-state index in [0.717, 1.165) is 0 Å². The fraction of sp³-hybridized carbons (Fsp3) is 0.357. The van der Waals surface area contributed by atoms with Crippen LogP contribution in [0.4, 0.5) is 4.79 Å². The molecule has 7 nitrogen and oxygen atoms in total. The maximum atomic E-state index is 11.5. The quantitative estimate of drug-likeness (QED) is 0.848. The summed E-state index contributed by atoms with van der Waals surface area (Å²) in [6.07, 6.45) is 0. The van der Waals surface area contributed by atoms with Gasteiger partial charge in [0.25, 0.3) is 5.91 Å². The lowest BCUT2D eigenvalue weighted by Crippen LogP contribution is -2.44. The van der Waals surface area contributed by atoms with Gasteiger partial charge in [0.05, 0.1) is 18.7 Å². The molecule has 1 rings (SSSR count). The summed E-state index contributed by atoms with van der Waals surface area (Å²) < 4.78 is 10.3. The summed E-state index contributed by atoms with van der Waals surface area (Å²) in [6, 6.07) is 5.89. The van der Waals surface area contributed by atoms with Gasteiger partial charge in [0.2, 0.25) is 0 Å². The first kappa shape index (κ1) is 16.3. The molecule has 0 heterocycles. The SMILES string of the molecule is COc1cc(C#N)ccc1OCC(=O)NC(=O)NC(C)C. The minimum atomic E-state index is -0.584. The van der Waals surface area contributed by atoms with Crippen LogP contribution in [0, 0.1) is 11.3 Å². The van der Waals surface area contributed by atoms with E-state index < -0.39 is 11.9 Å². The number of benzene rings is 1. The molecular weight excluding hydrogens is 274 g/mol. The summed E-state index contributed by atoms with van der Waals surface area (Å²) in [6.45, 7) is 3.22. The summed E-state index contributed by atoms with van der Waals surface area (Å²) in [4.78, 5) is 22.9. The second-order valence-corrected chi connectivity index (χ2v) is 4.44. The first-order valence-electron chi connectivity index (χ1n) is 6.27. The average Bonchev–Trinajstić information content (AvgIpc) is 2.43. The molecule has 0 aromatic heterocycles. The zero-order valence-corrected chi connectivity index (χ0v) is 12.1. The van der Waals surface area contributed by atoms with Crippen molar-refractivity contribution in [3.63, 3.8) is 0 Å². The van der Waals surface area contributed by atoms with Crippen molar-refractivity contribution in [2.45, 2.75) is 19.9 Å². The molecule has 2 N–H and O–H groups in total. The number of amides is 3. The number of rotatable bonds is 5. The lowest BCUT2D eigenvalue weighted by atomic mass is 10.2. The van der Waals surface area contributed by atoms with E-state index >= 15 is 0 Å². The number of carbonyl (C=O) groups is 2. The van der Waals surface area contributed by atoms with Crippen LogP contribution >= 0.6 is 0 Å². The van der Waals surface area contributed by atoms with E-state index in [1.165, 1.54) is 19.2 Å². The Kier molecular flexibility index (Phi) is 6.01. The molecule has 21 heavy (non-hydrogen) atoms. The monoisotopic (exact) mass is 291 g/mol. The third-order valence-electron chi connectivity index (χ3n) is 2.32. The molecule has 1 aromatic carbocycles. The van der Waals surface area contributed by atoms with Crippen LogP contribution in [0.5, 0.6) is 11.5 Å². The van der Waals surface area contributed by atoms with Crippen molar-refractivity contribution >= 4 is 11.9 Å². The number of nitriles is 1. The molecule has 112 valence electrons. The van der Waals surface area contributed by atoms with Crippen LogP contribution in [0.1, 0.15) is 19.4 Å². The molecule has 0 atom stereocenters. The van der Waals surface area contributed by atoms with Crippen molar-refractivity contribution < 1.29 is 19.1 Å². The molecule has 0 radical (unpaired) electrons. The van der Waals surface area contributed by atoms with Crippen LogP contribution in [-0.2, 0) is 4.79 Å². The smallest absolute Gasteiger partial charge is 0.321 e. The standard InChI is InChI=1S/C14H17N3O4/c1-9(2)16-14(19)17-13(18)8-21-11-5-4-10(7-15)6-12(11)20-3/h4-6,9H,8H2,1-3H3,(H2,16,17,18,19). The molecule has 0 aliphatic rings. The number of nitrogens with zero attached hydrogens (tertiary/aromatic N) is 1. The van der Waals surface area contributed by atoms with Gasteiger partial charge in [-0.05, 0) is 26.0 Å².